The van der Waals surface area contributed by atoms with Gasteiger partial charge in [0.15, 0.2) is 0 Å². The second-order valence-electron chi connectivity index (χ2n) is 12.4. The fourth-order valence-electron chi connectivity index (χ4n) is 6.51. The number of carbonyl (C=O) groups is 2. The average molecular weight is 718 g/mol. The van der Waals surface area contributed by atoms with Crippen molar-refractivity contribution >= 4 is 35.0 Å². The fraction of sp³-hybridized carbons (Fsp3) is 0.368. The molecular weight excluding hydrogens is 675 g/mol. The van der Waals surface area contributed by atoms with E-state index in [0.717, 1.165) is 65.1 Å². The molecule has 0 aliphatic carbocycles. The molecule has 4 aromatic rings. The lowest BCUT2D eigenvalue weighted by Crippen LogP contribution is -2.32. The maximum Gasteiger partial charge on any atom is 0.222 e. The summed E-state index contributed by atoms with van der Waals surface area (Å²) in [5, 5.41) is 7.80. The third-order valence-corrected chi connectivity index (χ3v) is 10.0. The van der Waals surface area contributed by atoms with Crippen LogP contribution in [0.15, 0.2) is 60.8 Å². The molecule has 2 saturated heterocycles. The molecule has 0 spiro atoms. The third kappa shape index (κ3) is 8.05. The highest BCUT2D eigenvalue weighted by Crippen LogP contribution is 2.42. The summed E-state index contributed by atoms with van der Waals surface area (Å²) in [7, 11) is 3.25. The smallest absolute Gasteiger partial charge is 0.222 e. The summed E-state index contributed by atoms with van der Waals surface area (Å²) < 4.78 is 11.4. The zero-order valence-electron chi connectivity index (χ0n) is 28.4. The number of hydrogen-bond acceptors (Lipinski definition) is 8. The van der Waals surface area contributed by atoms with Crippen molar-refractivity contribution in [3.63, 3.8) is 0 Å². The van der Waals surface area contributed by atoms with Gasteiger partial charge in [-0.05, 0) is 31.0 Å². The molecule has 6 rings (SSSR count). The topological polar surface area (TPSA) is 109 Å². The van der Waals surface area contributed by atoms with Gasteiger partial charge < -0.3 is 29.9 Å². The number of nitrogens with one attached hydrogen (secondary N) is 2. The number of aromatic nitrogens is 2. The molecule has 4 heterocycles. The first-order chi connectivity index (χ1) is 24.4. The van der Waals surface area contributed by atoms with Gasteiger partial charge in [-0.1, -0.05) is 59.6 Å². The van der Waals surface area contributed by atoms with Crippen LogP contribution >= 0.6 is 23.2 Å². The van der Waals surface area contributed by atoms with Crippen LogP contribution in [0.4, 0.5) is 0 Å². The summed E-state index contributed by atoms with van der Waals surface area (Å²) in [4.78, 5) is 37.0. The highest BCUT2D eigenvalue weighted by molar-refractivity contribution is 6.39. The Hall–Kier alpha value is -4.22. The summed E-state index contributed by atoms with van der Waals surface area (Å²) >= 11 is 14.2. The van der Waals surface area contributed by atoms with Crippen LogP contribution in [0.3, 0.4) is 0 Å². The van der Waals surface area contributed by atoms with Crippen LogP contribution in [-0.4, -0.2) is 85.1 Å². The minimum Gasteiger partial charge on any atom is -0.496 e. The molecule has 2 aromatic heterocycles. The second-order valence-corrected chi connectivity index (χ2v) is 13.2. The number of amides is 2. The fourth-order valence-corrected chi connectivity index (χ4v) is 7.16. The predicted octanol–water partition coefficient (Wildman–Crippen LogP) is 6.23. The Morgan fingerprint density at radius 2 is 1.40 bits per heavy atom. The first-order valence-corrected chi connectivity index (χ1v) is 17.8. The largest absolute Gasteiger partial charge is 0.496 e. The Bertz CT molecular complexity index is 1720. The molecule has 0 atom stereocenters. The van der Waals surface area contributed by atoms with E-state index < -0.39 is 0 Å². The van der Waals surface area contributed by atoms with Gasteiger partial charge in [0.05, 0.1) is 35.7 Å². The van der Waals surface area contributed by atoms with Crippen molar-refractivity contribution in [2.45, 2.75) is 38.8 Å². The van der Waals surface area contributed by atoms with Gasteiger partial charge in [-0.3, -0.25) is 14.6 Å². The molecule has 0 radical (unpaired) electrons. The molecular formula is C38H42Cl2N6O4. The van der Waals surface area contributed by atoms with Crippen LogP contribution in [0.25, 0.3) is 33.6 Å². The zero-order valence-corrected chi connectivity index (χ0v) is 29.9. The molecule has 2 amide bonds. The Labute approximate surface area is 303 Å². The number of ether oxygens (including phenoxy) is 2. The number of methoxy groups -OCH3 is 2. The van der Waals surface area contributed by atoms with E-state index in [-0.39, 0.29) is 11.8 Å². The van der Waals surface area contributed by atoms with Gasteiger partial charge in [-0.15, -0.1) is 0 Å². The predicted molar refractivity (Wildman–Crippen MR) is 197 cm³/mol. The Morgan fingerprint density at radius 3 is 2.04 bits per heavy atom. The molecule has 0 saturated carbocycles. The van der Waals surface area contributed by atoms with Crippen LogP contribution in [0.2, 0.25) is 10.0 Å². The van der Waals surface area contributed by atoms with E-state index in [1.807, 2.05) is 64.4 Å². The van der Waals surface area contributed by atoms with E-state index in [2.05, 4.69) is 15.6 Å². The summed E-state index contributed by atoms with van der Waals surface area (Å²) in [5.41, 5.74) is 6.25. The minimum absolute atomic E-state index is 0.224. The van der Waals surface area contributed by atoms with E-state index in [9.17, 15) is 9.59 Å². The molecule has 2 N–H and O–H groups in total. The standard InChI is InChI=1S/C38H42Cl2N6O4/c1-49-32-22-25(10-11-26(32)23-41-16-20-45-18-4-8-33(45)47)37-36(40)29(14-15-43-37)28-6-3-7-30(35(28)39)31-13-12-27(38(44-31)50-2)24-42-17-21-46-19-5-9-34(46)48/h3,6-7,10-15,22,41-42H,4-5,8-9,16-21,23-24H2,1-2H3. The van der Waals surface area contributed by atoms with E-state index in [1.165, 1.54) is 0 Å². The maximum atomic E-state index is 11.9. The van der Waals surface area contributed by atoms with Crippen LogP contribution in [-0.2, 0) is 22.7 Å². The first kappa shape index (κ1) is 35.6. The lowest BCUT2D eigenvalue weighted by atomic mass is 9.99. The maximum absolute atomic E-state index is 11.9. The quantitative estimate of drug-likeness (QED) is 0.140. The lowest BCUT2D eigenvalue weighted by molar-refractivity contribution is -0.128. The number of benzene rings is 2. The highest BCUT2D eigenvalue weighted by atomic mass is 35.5. The molecule has 10 nitrogen and oxygen atoms in total. The Balaban J connectivity index is 1.17. The minimum atomic E-state index is 0.224. The van der Waals surface area contributed by atoms with Crippen molar-refractivity contribution < 1.29 is 19.1 Å². The molecule has 0 bridgehead atoms. The lowest BCUT2D eigenvalue weighted by Gasteiger charge is -2.17. The summed E-state index contributed by atoms with van der Waals surface area (Å²) in [6, 6.07) is 17.5. The normalized spacial score (nSPS) is 14.6. The van der Waals surface area contributed by atoms with Gasteiger partial charge in [0.25, 0.3) is 0 Å². The number of nitrogens with zero attached hydrogens (tertiary/aromatic N) is 4. The van der Waals surface area contributed by atoms with Crippen LogP contribution in [0.1, 0.15) is 36.8 Å². The van der Waals surface area contributed by atoms with E-state index in [4.69, 9.17) is 37.7 Å². The zero-order chi connectivity index (χ0) is 35.0. The van der Waals surface area contributed by atoms with Crippen LogP contribution < -0.4 is 20.1 Å². The van der Waals surface area contributed by atoms with E-state index in [1.54, 1.807) is 20.4 Å². The monoisotopic (exact) mass is 716 g/mol. The molecule has 2 aromatic carbocycles. The van der Waals surface area contributed by atoms with Crippen molar-refractivity contribution in [1.82, 2.24) is 30.4 Å². The number of rotatable bonds is 15. The van der Waals surface area contributed by atoms with Crippen molar-refractivity contribution in [2.75, 3.05) is 53.5 Å². The summed E-state index contributed by atoms with van der Waals surface area (Å²) in [5.74, 6) is 1.68. The van der Waals surface area contributed by atoms with E-state index >= 15 is 0 Å². The third-order valence-electron chi connectivity index (χ3n) is 9.24. The van der Waals surface area contributed by atoms with Crippen molar-refractivity contribution in [2.24, 2.45) is 0 Å². The summed E-state index contributed by atoms with van der Waals surface area (Å²) in [6.45, 7) is 5.62. The number of carbonyl (C=O) groups excluding carboxylic acids is 2. The molecule has 2 aliphatic heterocycles. The number of likely N-dealkylation sites (tertiary alicyclic amines) is 2. The van der Waals surface area contributed by atoms with Crippen molar-refractivity contribution in [3.8, 4) is 45.3 Å². The highest BCUT2D eigenvalue weighted by Gasteiger charge is 2.21. The van der Waals surface area contributed by atoms with Gasteiger partial charge in [0.1, 0.15) is 5.75 Å². The van der Waals surface area contributed by atoms with Gasteiger partial charge >= 0.3 is 0 Å². The molecule has 0 unspecified atom stereocenters. The van der Waals surface area contributed by atoms with Gasteiger partial charge in [-0.2, -0.15) is 0 Å². The van der Waals surface area contributed by atoms with E-state index in [0.29, 0.717) is 79.4 Å². The molecule has 12 heteroatoms. The Kier molecular flexibility index (Phi) is 11.9. The van der Waals surface area contributed by atoms with Crippen molar-refractivity contribution in [1.29, 1.82) is 0 Å². The first-order valence-electron chi connectivity index (χ1n) is 17.0. The SMILES string of the molecule is COc1cc(-c2nccc(-c3cccc(-c4ccc(CNCCN5CCCC5=O)c(OC)n4)c3Cl)c2Cl)ccc1CNCCN1CCCC1=O. The Morgan fingerprint density at radius 1 is 0.760 bits per heavy atom. The molecule has 2 aliphatic rings. The van der Waals surface area contributed by atoms with Gasteiger partial charge in [0, 0.05) is 105 Å². The average Bonchev–Trinajstić information content (AvgIpc) is 3.75. The molecule has 2 fully saturated rings. The molecule has 262 valence electrons. The second kappa shape index (κ2) is 16.7. The number of halogens is 2. The van der Waals surface area contributed by atoms with Crippen LogP contribution in [0, 0.1) is 0 Å². The van der Waals surface area contributed by atoms with Gasteiger partial charge in [-0.25, -0.2) is 4.98 Å². The number of pyridine rings is 2. The van der Waals surface area contributed by atoms with Crippen LogP contribution in [0.5, 0.6) is 11.6 Å². The van der Waals surface area contributed by atoms with Crippen molar-refractivity contribution in [3.05, 3.63) is 82.0 Å². The summed E-state index contributed by atoms with van der Waals surface area (Å²) in [6.07, 6.45) is 4.89. The van der Waals surface area contributed by atoms with Gasteiger partial charge in [0.2, 0.25) is 17.7 Å². The molecule has 50 heavy (non-hydrogen) atoms. The number of hydrogen-bond donors (Lipinski definition) is 2.